The van der Waals surface area contributed by atoms with Gasteiger partial charge in [0, 0.05) is 6.20 Å². The molecule has 0 saturated carbocycles. The molecule has 0 saturated heterocycles. The Labute approximate surface area is 118 Å². The summed E-state index contributed by atoms with van der Waals surface area (Å²) >= 11 is 9.00. The van der Waals surface area contributed by atoms with Gasteiger partial charge in [-0.25, -0.2) is 9.97 Å². The molecule has 0 atom stereocenters. The monoisotopic (exact) mass is 325 g/mol. The molecule has 0 aromatic carbocycles. The highest BCUT2D eigenvalue weighted by Gasteiger charge is 2.08. The van der Waals surface area contributed by atoms with Gasteiger partial charge in [-0.05, 0) is 46.6 Å². The molecule has 6 heteroatoms. The minimum Gasteiger partial charge on any atom is -0.319 e. The Kier molecular flexibility index (Phi) is 3.93. The highest BCUT2D eigenvalue weighted by atomic mass is 79.9. The lowest BCUT2D eigenvalue weighted by Gasteiger charge is -2.06. The van der Waals surface area contributed by atoms with Crippen molar-refractivity contribution in [1.82, 2.24) is 9.97 Å². The van der Waals surface area contributed by atoms with E-state index in [0.29, 0.717) is 16.4 Å². The van der Waals surface area contributed by atoms with E-state index in [0.717, 1.165) is 10.2 Å². The van der Waals surface area contributed by atoms with Gasteiger partial charge in [-0.15, -0.1) is 0 Å². The molecule has 0 bridgehead atoms. The van der Waals surface area contributed by atoms with E-state index in [2.05, 4.69) is 31.2 Å². The summed E-state index contributed by atoms with van der Waals surface area (Å²) in [6, 6.07) is 5.01. The number of nitrogens with zero attached hydrogens (tertiary/aromatic N) is 2. The number of carbonyl (C=O) groups is 1. The summed E-state index contributed by atoms with van der Waals surface area (Å²) in [5.74, 6) is -0.296. The van der Waals surface area contributed by atoms with Gasteiger partial charge < -0.3 is 5.32 Å². The second-order valence-corrected chi connectivity index (χ2v) is 4.84. The maximum Gasteiger partial charge on any atom is 0.274 e. The predicted molar refractivity (Wildman–Crippen MR) is 73.9 cm³/mol. The Morgan fingerprint density at radius 2 is 2.11 bits per heavy atom. The van der Waals surface area contributed by atoms with Crippen molar-refractivity contribution in [1.29, 1.82) is 0 Å². The van der Waals surface area contributed by atoms with E-state index in [1.807, 2.05) is 13.0 Å². The van der Waals surface area contributed by atoms with E-state index in [1.54, 1.807) is 18.3 Å². The smallest absolute Gasteiger partial charge is 0.274 e. The van der Waals surface area contributed by atoms with Crippen LogP contribution in [0.1, 0.15) is 16.1 Å². The first-order valence-electron chi connectivity index (χ1n) is 5.11. The van der Waals surface area contributed by atoms with Crippen LogP contribution in [0, 0.1) is 6.92 Å². The van der Waals surface area contributed by atoms with Gasteiger partial charge in [0.15, 0.2) is 0 Å². The minimum atomic E-state index is -0.296. The standard InChI is InChI=1S/C12H9BrClN3O/c1-7-4-9(6-16-11(7)13)17-12(18)10-3-2-8(14)5-15-10/h2-6H,1H3,(H,17,18). The maximum atomic E-state index is 11.9. The van der Waals surface area contributed by atoms with Crippen molar-refractivity contribution in [2.24, 2.45) is 0 Å². The zero-order chi connectivity index (χ0) is 13.1. The summed E-state index contributed by atoms with van der Waals surface area (Å²) < 4.78 is 0.755. The van der Waals surface area contributed by atoms with Crippen LogP contribution in [0.3, 0.4) is 0 Å². The highest BCUT2D eigenvalue weighted by molar-refractivity contribution is 9.10. The molecule has 4 nitrogen and oxygen atoms in total. The molecule has 18 heavy (non-hydrogen) atoms. The number of aromatic nitrogens is 2. The quantitative estimate of drug-likeness (QED) is 0.860. The van der Waals surface area contributed by atoms with Gasteiger partial charge in [0.05, 0.1) is 16.9 Å². The SMILES string of the molecule is Cc1cc(NC(=O)c2ccc(Cl)cn2)cnc1Br. The highest BCUT2D eigenvalue weighted by Crippen LogP contribution is 2.17. The molecule has 0 aliphatic heterocycles. The molecule has 0 aliphatic rings. The summed E-state index contributed by atoms with van der Waals surface area (Å²) in [4.78, 5) is 19.9. The second-order valence-electron chi connectivity index (χ2n) is 3.65. The van der Waals surface area contributed by atoms with Crippen LogP contribution in [-0.4, -0.2) is 15.9 Å². The van der Waals surface area contributed by atoms with Gasteiger partial charge in [0.25, 0.3) is 5.91 Å². The molecule has 92 valence electrons. The molecule has 2 heterocycles. The Bertz CT molecular complexity index is 586. The zero-order valence-electron chi connectivity index (χ0n) is 9.45. The van der Waals surface area contributed by atoms with Crippen molar-refractivity contribution in [2.45, 2.75) is 6.92 Å². The van der Waals surface area contributed by atoms with Gasteiger partial charge in [-0.3, -0.25) is 4.79 Å². The van der Waals surface area contributed by atoms with E-state index in [4.69, 9.17) is 11.6 Å². The van der Waals surface area contributed by atoms with Crippen molar-refractivity contribution in [3.63, 3.8) is 0 Å². The normalized spacial score (nSPS) is 10.2. The molecular weight excluding hydrogens is 318 g/mol. The zero-order valence-corrected chi connectivity index (χ0v) is 11.8. The van der Waals surface area contributed by atoms with E-state index in [1.165, 1.54) is 6.20 Å². The van der Waals surface area contributed by atoms with Crippen molar-refractivity contribution >= 4 is 39.1 Å². The Hall–Kier alpha value is -1.46. The van der Waals surface area contributed by atoms with Crippen LogP contribution in [0.5, 0.6) is 0 Å². The van der Waals surface area contributed by atoms with Crippen LogP contribution in [-0.2, 0) is 0 Å². The van der Waals surface area contributed by atoms with E-state index in [9.17, 15) is 4.79 Å². The van der Waals surface area contributed by atoms with Crippen LogP contribution in [0.15, 0.2) is 35.2 Å². The predicted octanol–water partition coefficient (Wildman–Crippen LogP) is 3.45. The molecule has 0 radical (unpaired) electrons. The molecule has 1 amide bonds. The summed E-state index contributed by atoms with van der Waals surface area (Å²) in [6.45, 7) is 1.90. The van der Waals surface area contributed by atoms with Crippen molar-refractivity contribution in [3.05, 3.63) is 51.5 Å². The summed E-state index contributed by atoms with van der Waals surface area (Å²) in [7, 11) is 0. The molecule has 2 aromatic heterocycles. The van der Waals surface area contributed by atoms with Crippen molar-refractivity contribution < 1.29 is 4.79 Å². The lowest BCUT2D eigenvalue weighted by molar-refractivity contribution is 0.102. The maximum absolute atomic E-state index is 11.9. The summed E-state index contributed by atoms with van der Waals surface area (Å²) in [5, 5.41) is 3.21. The molecular formula is C12H9BrClN3O. The summed E-state index contributed by atoms with van der Waals surface area (Å²) in [5.41, 5.74) is 1.87. The van der Waals surface area contributed by atoms with Gasteiger partial charge >= 0.3 is 0 Å². The number of amides is 1. The van der Waals surface area contributed by atoms with E-state index >= 15 is 0 Å². The topological polar surface area (TPSA) is 54.9 Å². The minimum absolute atomic E-state index is 0.296. The first-order valence-corrected chi connectivity index (χ1v) is 6.28. The number of rotatable bonds is 2. The third-order valence-corrected chi connectivity index (χ3v) is 3.29. The van der Waals surface area contributed by atoms with E-state index < -0.39 is 0 Å². The van der Waals surface area contributed by atoms with Crippen LogP contribution in [0.4, 0.5) is 5.69 Å². The first-order chi connectivity index (χ1) is 8.56. The van der Waals surface area contributed by atoms with Crippen LogP contribution in [0.25, 0.3) is 0 Å². The average Bonchev–Trinajstić information content (AvgIpc) is 2.34. The molecule has 0 fully saturated rings. The third-order valence-electron chi connectivity index (χ3n) is 2.23. The number of aryl methyl sites for hydroxylation is 1. The third kappa shape index (κ3) is 3.05. The Morgan fingerprint density at radius 1 is 1.33 bits per heavy atom. The number of hydrogen-bond acceptors (Lipinski definition) is 3. The largest absolute Gasteiger partial charge is 0.319 e. The fraction of sp³-hybridized carbons (Fsp3) is 0.0833. The molecule has 0 spiro atoms. The fourth-order valence-electron chi connectivity index (χ4n) is 1.33. The van der Waals surface area contributed by atoms with Crippen LogP contribution in [0.2, 0.25) is 5.02 Å². The van der Waals surface area contributed by atoms with E-state index in [-0.39, 0.29) is 5.91 Å². The number of pyridine rings is 2. The van der Waals surface area contributed by atoms with Gasteiger partial charge in [0.2, 0.25) is 0 Å². The van der Waals surface area contributed by atoms with Crippen LogP contribution < -0.4 is 5.32 Å². The number of halogens is 2. The molecule has 2 rings (SSSR count). The first kappa shape index (κ1) is 13.0. The fourth-order valence-corrected chi connectivity index (χ4v) is 1.66. The molecule has 1 N–H and O–H groups in total. The number of carbonyl (C=O) groups excluding carboxylic acids is 1. The van der Waals surface area contributed by atoms with Gasteiger partial charge in [0.1, 0.15) is 10.3 Å². The average molecular weight is 327 g/mol. The Balaban J connectivity index is 2.16. The van der Waals surface area contributed by atoms with Gasteiger partial charge in [-0.1, -0.05) is 11.6 Å². The lowest BCUT2D eigenvalue weighted by Crippen LogP contribution is -2.13. The summed E-state index contributed by atoms with van der Waals surface area (Å²) in [6.07, 6.45) is 3.01. The Morgan fingerprint density at radius 3 is 2.72 bits per heavy atom. The number of hydrogen-bond donors (Lipinski definition) is 1. The van der Waals surface area contributed by atoms with Gasteiger partial charge in [-0.2, -0.15) is 0 Å². The number of anilines is 1. The van der Waals surface area contributed by atoms with Crippen molar-refractivity contribution in [3.8, 4) is 0 Å². The van der Waals surface area contributed by atoms with Crippen molar-refractivity contribution in [2.75, 3.05) is 5.32 Å². The number of nitrogens with one attached hydrogen (secondary N) is 1. The molecule has 0 unspecified atom stereocenters. The van der Waals surface area contributed by atoms with Crippen LogP contribution >= 0.6 is 27.5 Å². The second kappa shape index (κ2) is 5.46. The lowest BCUT2D eigenvalue weighted by atomic mass is 10.3. The molecule has 2 aromatic rings. The molecule has 0 aliphatic carbocycles.